The number of nitrogens with one attached hydrogen (secondary N) is 1. The molecule has 0 bridgehead atoms. The molecular weight excluding hydrogens is 220 g/mol. The van der Waals surface area contributed by atoms with Crippen LogP contribution in [0.1, 0.15) is 37.0 Å². The molecule has 0 unspecified atom stereocenters. The molecule has 1 fully saturated rings. The van der Waals surface area contributed by atoms with Crippen LogP contribution >= 0.6 is 0 Å². The fraction of sp³-hybridized carbons (Fsp3) is 0.625. The van der Waals surface area contributed by atoms with Crippen LogP contribution in [0.3, 0.4) is 0 Å². The van der Waals surface area contributed by atoms with Gasteiger partial charge in [-0.2, -0.15) is 0 Å². The largest absolute Gasteiger partial charge is 0.315 e. The number of aryl methyl sites for hydroxylation is 2. The number of nitrogens with zero attached hydrogens (tertiary/aromatic N) is 1. The van der Waals surface area contributed by atoms with Crippen molar-refractivity contribution in [2.45, 2.75) is 52.7 Å². The fourth-order valence-corrected chi connectivity index (χ4v) is 3.03. The minimum atomic E-state index is 0.607. The zero-order valence-corrected chi connectivity index (χ0v) is 12.2. The van der Waals surface area contributed by atoms with Gasteiger partial charge in [-0.25, -0.2) is 0 Å². The van der Waals surface area contributed by atoms with Gasteiger partial charge in [0.1, 0.15) is 0 Å². The van der Waals surface area contributed by atoms with E-state index in [4.69, 9.17) is 0 Å². The summed E-state index contributed by atoms with van der Waals surface area (Å²) in [6, 6.07) is 8.21. The average Bonchev–Trinajstić information content (AvgIpc) is 2.77. The lowest BCUT2D eigenvalue weighted by atomic mass is 10.0. The minimum absolute atomic E-state index is 0.607. The van der Waals surface area contributed by atoms with Crippen LogP contribution in [0.5, 0.6) is 0 Å². The van der Waals surface area contributed by atoms with E-state index in [-0.39, 0.29) is 0 Å². The molecule has 1 heterocycles. The Morgan fingerprint density at radius 2 is 1.89 bits per heavy atom. The lowest BCUT2D eigenvalue weighted by Gasteiger charge is -2.32. The molecule has 1 aromatic rings. The maximum absolute atomic E-state index is 3.47. The van der Waals surface area contributed by atoms with Crippen LogP contribution < -0.4 is 5.32 Å². The monoisotopic (exact) mass is 246 g/mol. The van der Waals surface area contributed by atoms with Gasteiger partial charge in [0.2, 0.25) is 0 Å². The third kappa shape index (κ3) is 3.33. The maximum Gasteiger partial charge on any atom is 0.0240 e. The molecule has 18 heavy (non-hydrogen) atoms. The SMILES string of the molecule is Cc1cc(C)cc(CN(C(C)C)[C@H]2CCNC2)c1. The van der Waals surface area contributed by atoms with Crippen LogP contribution in [0.25, 0.3) is 0 Å². The van der Waals surface area contributed by atoms with Gasteiger partial charge in [-0.15, -0.1) is 0 Å². The molecule has 1 atom stereocenters. The van der Waals surface area contributed by atoms with Gasteiger partial charge in [-0.1, -0.05) is 29.3 Å². The lowest BCUT2D eigenvalue weighted by Crippen LogP contribution is -2.41. The number of rotatable bonds is 4. The van der Waals surface area contributed by atoms with Gasteiger partial charge >= 0.3 is 0 Å². The van der Waals surface area contributed by atoms with E-state index in [9.17, 15) is 0 Å². The Hall–Kier alpha value is -0.860. The van der Waals surface area contributed by atoms with Crippen molar-refractivity contribution >= 4 is 0 Å². The summed E-state index contributed by atoms with van der Waals surface area (Å²) in [7, 11) is 0. The predicted molar refractivity (Wildman–Crippen MR) is 77.9 cm³/mol. The van der Waals surface area contributed by atoms with E-state index in [0.717, 1.165) is 13.1 Å². The van der Waals surface area contributed by atoms with Crippen LogP contribution in [0.4, 0.5) is 0 Å². The number of hydrogen-bond acceptors (Lipinski definition) is 2. The minimum Gasteiger partial charge on any atom is -0.315 e. The third-order valence-corrected chi connectivity index (χ3v) is 3.81. The molecule has 100 valence electrons. The maximum atomic E-state index is 3.47. The molecular formula is C16H26N2. The van der Waals surface area contributed by atoms with Crippen LogP contribution in [-0.2, 0) is 6.54 Å². The van der Waals surface area contributed by atoms with E-state index in [0.29, 0.717) is 12.1 Å². The van der Waals surface area contributed by atoms with Gasteiger partial charge in [0.05, 0.1) is 0 Å². The van der Waals surface area contributed by atoms with E-state index in [1.165, 1.54) is 29.7 Å². The van der Waals surface area contributed by atoms with Crippen molar-refractivity contribution in [1.82, 2.24) is 10.2 Å². The summed E-state index contributed by atoms with van der Waals surface area (Å²) in [4.78, 5) is 2.63. The first kappa shape index (κ1) is 13.6. The Morgan fingerprint density at radius 1 is 1.22 bits per heavy atom. The molecule has 2 nitrogen and oxygen atoms in total. The first-order valence-electron chi connectivity index (χ1n) is 7.10. The van der Waals surface area contributed by atoms with E-state index in [1.54, 1.807) is 0 Å². The van der Waals surface area contributed by atoms with Crippen molar-refractivity contribution < 1.29 is 0 Å². The Bertz CT molecular complexity index is 372. The van der Waals surface area contributed by atoms with Gasteiger partial charge in [0.15, 0.2) is 0 Å². The molecule has 1 saturated heterocycles. The molecule has 0 radical (unpaired) electrons. The van der Waals surface area contributed by atoms with Crippen LogP contribution in [0, 0.1) is 13.8 Å². The summed E-state index contributed by atoms with van der Waals surface area (Å²) >= 11 is 0. The van der Waals surface area contributed by atoms with Crippen LogP contribution in [0.2, 0.25) is 0 Å². The number of hydrogen-bond donors (Lipinski definition) is 1. The Labute approximate surface area is 111 Å². The molecule has 0 aromatic heterocycles. The quantitative estimate of drug-likeness (QED) is 0.879. The highest BCUT2D eigenvalue weighted by Crippen LogP contribution is 2.18. The second-order valence-electron chi connectivity index (χ2n) is 5.91. The zero-order chi connectivity index (χ0) is 13.1. The van der Waals surface area contributed by atoms with Crippen molar-refractivity contribution in [3.8, 4) is 0 Å². The fourth-order valence-electron chi connectivity index (χ4n) is 3.03. The van der Waals surface area contributed by atoms with E-state index >= 15 is 0 Å². The summed E-state index contributed by atoms with van der Waals surface area (Å²) in [5.41, 5.74) is 4.20. The zero-order valence-electron chi connectivity index (χ0n) is 12.2. The Morgan fingerprint density at radius 3 is 2.39 bits per heavy atom. The first-order valence-corrected chi connectivity index (χ1v) is 7.10. The smallest absolute Gasteiger partial charge is 0.0240 e. The second kappa shape index (κ2) is 5.85. The number of benzene rings is 1. The Balaban J connectivity index is 2.12. The highest BCUT2D eigenvalue weighted by Gasteiger charge is 2.24. The summed E-state index contributed by atoms with van der Waals surface area (Å²) in [6.45, 7) is 12.4. The summed E-state index contributed by atoms with van der Waals surface area (Å²) in [6.07, 6.45) is 1.28. The molecule has 1 aliphatic heterocycles. The van der Waals surface area contributed by atoms with Crippen molar-refractivity contribution in [2.75, 3.05) is 13.1 Å². The predicted octanol–water partition coefficient (Wildman–Crippen LogP) is 2.88. The average molecular weight is 246 g/mol. The third-order valence-electron chi connectivity index (χ3n) is 3.81. The topological polar surface area (TPSA) is 15.3 Å². The van der Waals surface area contributed by atoms with Gasteiger partial charge in [0.25, 0.3) is 0 Å². The van der Waals surface area contributed by atoms with E-state index in [1.807, 2.05) is 0 Å². The summed E-state index contributed by atoms with van der Waals surface area (Å²) in [5.74, 6) is 0. The van der Waals surface area contributed by atoms with E-state index in [2.05, 4.69) is 56.1 Å². The second-order valence-corrected chi connectivity index (χ2v) is 5.91. The summed E-state index contributed by atoms with van der Waals surface area (Å²) < 4.78 is 0. The molecule has 0 saturated carbocycles. The summed E-state index contributed by atoms with van der Waals surface area (Å²) in [5, 5.41) is 3.47. The molecule has 2 heteroatoms. The molecule has 0 spiro atoms. The molecule has 0 aliphatic carbocycles. The van der Waals surface area contributed by atoms with Crippen LogP contribution in [0.15, 0.2) is 18.2 Å². The van der Waals surface area contributed by atoms with E-state index < -0.39 is 0 Å². The van der Waals surface area contributed by atoms with Gasteiger partial charge in [0, 0.05) is 25.2 Å². The van der Waals surface area contributed by atoms with Gasteiger partial charge in [-0.3, -0.25) is 4.90 Å². The molecule has 1 aromatic carbocycles. The highest BCUT2D eigenvalue weighted by atomic mass is 15.2. The Kier molecular flexibility index (Phi) is 4.41. The molecule has 1 N–H and O–H groups in total. The van der Waals surface area contributed by atoms with Crippen molar-refractivity contribution in [3.05, 3.63) is 34.9 Å². The lowest BCUT2D eigenvalue weighted by molar-refractivity contribution is 0.154. The van der Waals surface area contributed by atoms with Gasteiger partial charge < -0.3 is 5.32 Å². The van der Waals surface area contributed by atoms with Crippen molar-refractivity contribution in [2.24, 2.45) is 0 Å². The first-order chi connectivity index (χ1) is 8.56. The normalized spacial score (nSPS) is 20.0. The molecule has 0 amide bonds. The van der Waals surface area contributed by atoms with Crippen LogP contribution in [-0.4, -0.2) is 30.1 Å². The molecule has 2 rings (SSSR count). The molecule has 1 aliphatic rings. The van der Waals surface area contributed by atoms with Crippen molar-refractivity contribution in [3.63, 3.8) is 0 Å². The standard InChI is InChI=1S/C16H26N2/c1-12(2)18(16-5-6-17-10-16)11-15-8-13(3)7-14(4)9-15/h7-9,12,16-17H,5-6,10-11H2,1-4H3/t16-/m0/s1. The van der Waals surface area contributed by atoms with Gasteiger partial charge in [-0.05, 0) is 46.2 Å². The van der Waals surface area contributed by atoms with Crippen molar-refractivity contribution in [1.29, 1.82) is 0 Å². The highest BCUT2D eigenvalue weighted by molar-refractivity contribution is 5.28.